The first-order chi connectivity index (χ1) is 10.6. The van der Waals surface area contributed by atoms with E-state index < -0.39 is 0 Å². The van der Waals surface area contributed by atoms with Gasteiger partial charge < -0.3 is 19.6 Å². The number of phenols is 1. The van der Waals surface area contributed by atoms with Gasteiger partial charge in [-0.05, 0) is 35.4 Å². The molecule has 0 spiro atoms. The maximum absolute atomic E-state index is 11.1. The molecule has 0 fully saturated rings. The number of fused-ring (bicyclic) bond motifs is 1. The lowest BCUT2D eigenvalue weighted by Gasteiger charge is -2.07. The lowest BCUT2D eigenvalue weighted by atomic mass is 10.1. The van der Waals surface area contributed by atoms with Crippen molar-refractivity contribution in [1.82, 2.24) is 9.38 Å². The maximum Gasteiger partial charge on any atom is 0.222 e. The van der Waals surface area contributed by atoms with E-state index in [4.69, 9.17) is 4.74 Å². The summed E-state index contributed by atoms with van der Waals surface area (Å²) in [5, 5.41) is 12.3. The number of ether oxygens (including phenoxy) is 1. The molecule has 3 aromatic rings. The number of nitrogens with one attached hydrogen (secondary N) is 1. The van der Waals surface area contributed by atoms with E-state index in [1.807, 2.05) is 28.8 Å². The van der Waals surface area contributed by atoms with Crippen LogP contribution < -0.4 is 10.1 Å². The zero-order valence-corrected chi connectivity index (χ0v) is 12.2. The number of carbonyl (C=O) groups is 1. The number of aromatic nitrogens is 2. The molecule has 6 heteroatoms. The average molecular weight is 297 g/mol. The molecule has 1 amide bonds. The van der Waals surface area contributed by atoms with Gasteiger partial charge in [0.25, 0.3) is 0 Å². The van der Waals surface area contributed by atoms with E-state index in [1.54, 1.807) is 18.3 Å². The van der Waals surface area contributed by atoms with Crippen molar-refractivity contribution in [3.8, 4) is 22.6 Å². The number of nitrogens with zero attached hydrogens (tertiary/aromatic N) is 2. The van der Waals surface area contributed by atoms with Gasteiger partial charge in [0.15, 0.2) is 17.3 Å². The number of amides is 1. The fourth-order valence-electron chi connectivity index (χ4n) is 2.26. The maximum atomic E-state index is 11.1. The van der Waals surface area contributed by atoms with E-state index in [0.717, 1.165) is 16.8 Å². The second-order valence-electron chi connectivity index (χ2n) is 4.88. The van der Waals surface area contributed by atoms with Crippen LogP contribution in [0.1, 0.15) is 6.92 Å². The second kappa shape index (κ2) is 5.40. The van der Waals surface area contributed by atoms with Crippen LogP contribution in [0.2, 0.25) is 0 Å². The minimum absolute atomic E-state index is 0.0999. The number of hydrogen-bond donors (Lipinski definition) is 2. The second-order valence-corrected chi connectivity index (χ2v) is 4.88. The van der Waals surface area contributed by atoms with Crippen LogP contribution >= 0.6 is 0 Å². The lowest BCUT2D eigenvalue weighted by Crippen LogP contribution is -2.05. The molecule has 22 heavy (non-hydrogen) atoms. The minimum Gasteiger partial charge on any atom is -0.504 e. The summed E-state index contributed by atoms with van der Waals surface area (Å²) in [6.07, 6.45) is 3.65. The monoisotopic (exact) mass is 297 g/mol. The Bertz CT molecular complexity index is 855. The largest absolute Gasteiger partial charge is 0.504 e. The highest BCUT2D eigenvalue weighted by Crippen LogP contribution is 2.31. The zero-order chi connectivity index (χ0) is 15.7. The molecule has 3 rings (SSSR count). The Labute approximate surface area is 127 Å². The number of phenolic OH excluding ortho intramolecular Hbond substituents is 1. The Balaban J connectivity index is 2.02. The van der Waals surface area contributed by atoms with Crippen molar-refractivity contribution in [2.45, 2.75) is 6.92 Å². The van der Waals surface area contributed by atoms with Gasteiger partial charge in [-0.1, -0.05) is 6.07 Å². The van der Waals surface area contributed by atoms with E-state index in [0.29, 0.717) is 11.6 Å². The molecule has 0 aliphatic rings. The SMILES string of the molecule is COc1cc(-c2ccc3nc(NC(C)=O)cn3c2)ccc1O. The molecule has 0 saturated heterocycles. The van der Waals surface area contributed by atoms with Gasteiger partial charge in [-0.25, -0.2) is 4.98 Å². The predicted octanol–water partition coefficient (Wildman–Crippen LogP) is 2.67. The number of anilines is 1. The Morgan fingerprint density at radius 2 is 2.00 bits per heavy atom. The first-order valence-corrected chi connectivity index (χ1v) is 6.70. The molecule has 0 aliphatic heterocycles. The molecule has 0 aliphatic carbocycles. The molecular weight excluding hydrogens is 282 g/mol. The van der Waals surface area contributed by atoms with Gasteiger partial charge in [-0.3, -0.25) is 4.79 Å². The summed E-state index contributed by atoms with van der Waals surface area (Å²) < 4.78 is 6.96. The molecule has 112 valence electrons. The number of rotatable bonds is 3. The Morgan fingerprint density at radius 3 is 2.73 bits per heavy atom. The van der Waals surface area contributed by atoms with Gasteiger partial charge in [0, 0.05) is 13.1 Å². The summed E-state index contributed by atoms with van der Waals surface area (Å²) in [5.41, 5.74) is 2.59. The van der Waals surface area contributed by atoms with E-state index >= 15 is 0 Å². The van der Waals surface area contributed by atoms with Crippen LogP contribution in [0.15, 0.2) is 42.7 Å². The van der Waals surface area contributed by atoms with Crippen LogP contribution in [0.3, 0.4) is 0 Å². The number of imidazole rings is 1. The first-order valence-electron chi connectivity index (χ1n) is 6.70. The zero-order valence-electron chi connectivity index (χ0n) is 12.2. The summed E-state index contributed by atoms with van der Waals surface area (Å²) in [7, 11) is 1.51. The molecule has 2 N–H and O–H groups in total. The average Bonchev–Trinajstić information content (AvgIpc) is 2.88. The summed E-state index contributed by atoms with van der Waals surface area (Å²) in [6, 6.07) is 8.95. The van der Waals surface area contributed by atoms with Crippen LogP contribution in [-0.2, 0) is 4.79 Å². The highest BCUT2D eigenvalue weighted by molar-refractivity contribution is 5.87. The van der Waals surface area contributed by atoms with Crippen molar-refractivity contribution in [2.75, 3.05) is 12.4 Å². The van der Waals surface area contributed by atoms with E-state index in [1.165, 1.54) is 14.0 Å². The topological polar surface area (TPSA) is 75.9 Å². The van der Waals surface area contributed by atoms with Gasteiger partial charge >= 0.3 is 0 Å². The van der Waals surface area contributed by atoms with Crippen LogP contribution in [0.4, 0.5) is 5.82 Å². The van der Waals surface area contributed by atoms with Crippen molar-refractivity contribution >= 4 is 17.4 Å². The Hall–Kier alpha value is -3.02. The van der Waals surface area contributed by atoms with Crippen LogP contribution in [0, 0.1) is 0 Å². The summed E-state index contributed by atoms with van der Waals surface area (Å²) >= 11 is 0. The fourth-order valence-corrected chi connectivity index (χ4v) is 2.26. The van der Waals surface area contributed by atoms with Crippen molar-refractivity contribution in [3.63, 3.8) is 0 Å². The van der Waals surface area contributed by atoms with Crippen LogP contribution in [-0.4, -0.2) is 27.5 Å². The number of aromatic hydroxyl groups is 1. The molecule has 0 atom stereocenters. The third-order valence-electron chi connectivity index (χ3n) is 3.27. The highest BCUT2D eigenvalue weighted by atomic mass is 16.5. The number of carbonyl (C=O) groups excluding carboxylic acids is 1. The number of pyridine rings is 1. The molecular formula is C16H15N3O3. The third-order valence-corrected chi connectivity index (χ3v) is 3.27. The van der Waals surface area contributed by atoms with E-state index in [-0.39, 0.29) is 11.7 Å². The van der Waals surface area contributed by atoms with Crippen molar-refractivity contribution in [2.24, 2.45) is 0 Å². The standard InChI is InChI=1S/C16H15N3O3/c1-10(20)17-15-9-19-8-12(4-6-16(19)18-15)11-3-5-13(21)14(7-11)22-2/h3-9,21H,1-2H3,(H,17,20). The Kier molecular flexibility index (Phi) is 3.42. The smallest absolute Gasteiger partial charge is 0.222 e. The van der Waals surface area contributed by atoms with Crippen molar-refractivity contribution < 1.29 is 14.6 Å². The van der Waals surface area contributed by atoms with Crippen LogP contribution in [0.25, 0.3) is 16.8 Å². The van der Waals surface area contributed by atoms with E-state index in [9.17, 15) is 9.90 Å². The summed E-state index contributed by atoms with van der Waals surface area (Å²) in [5.74, 6) is 0.866. The molecule has 6 nitrogen and oxygen atoms in total. The molecule has 0 bridgehead atoms. The third kappa shape index (κ3) is 2.58. The molecule has 2 aromatic heterocycles. The summed E-state index contributed by atoms with van der Waals surface area (Å²) in [6.45, 7) is 1.44. The minimum atomic E-state index is -0.160. The van der Waals surface area contributed by atoms with Crippen LogP contribution in [0.5, 0.6) is 11.5 Å². The molecule has 1 aromatic carbocycles. The predicted molar refractivity (Wildman–Crippen MR) is 83.1 cm³/mol. The number of hydrogen-bond acceptors (Lipinski definition) is 4. The van der Waals surface area contributed by atoms with Gasteiger partial charge in [0.1, 0.15) is 5.65 Å². The van der Waals surface area contributed by atoms with Crippen molar-refractivity contribution in [3.05, 3.63) is 42.7 Å². The normalized spacial score (nSPS) is 10.6. The summed E-state index contributed by atoms with van der Waals surface area (Å²) in [4.78, 5) is 15.4. The fraction of sp³-hybridized carbons (Fsp3) is 0.125. The first kappa shape index (κ1) is 13.9. The molecule has 0 radical (unpaired) electrons. The Morgan fingerprint density at radius 1 is 1.23 bits per heavy atom. The molecule has 0 unspecified atom stereocenters. The quantitative estimate of drug-likeness (QED) is 0.779. The van der Waals surface area contributed by atoms with Gasteiger partial charge in [-0.2, -0.15) is 0 Å². The lowest BCUT2D eigenvalue weighted by molar-refractivity contribution is -0.114. The molecule has 0 saturated carbocycles. The number of benzene rings is 1. The molecule has 2 heterocycles. The van der Waals surface area contributed by atoms with Gasteiger partial charge in [-0.15, -0.1) is 0 Å². The van der Waals surface area contributed by atoms with E-state index in [2.05, 4.69) is 10.3 Å². The number of methoxy groups -OCH3 is 1. The van der Waals surface area contributed by atoms with Gasteiger partial charge in [0.2, 0.25) is 5.91 Å². The van der Waals surface area contributed by atoms with Crippen molar-refractivity contribution in [1.29, 1.82) is 0 Å². The van der Waals surface area contributed by atoms with Gasteiger partial charge in [0.05, 0.1) is 13.3 Å². The highest BCUT2D eigenvalue weighted by Gasteiger charge is 2.07.